The molecule has 1 heterocycles. The molecule has 6 atom stereocenters. The number of fused-ring (bicyclic) bond motifs is 2. The van der Waals surface area contributed by atoms with Gasteiger partial charge >= 0.3 is 6.09 Å². The van der Waals surface area contributed by atoms with Crippen LogP contribution in [0, 0.1) is 17.8 Å². The number of aldehydes is 1. The maximum Gasteiger partial charge on any atom is 0.410 e. The molecule has 0 spiro atoms. The normalized spacial score (nSPS) is 22.3. The summed E-state index contributed by atoms with van der Waals surface area (Å²) in [6.07, 6.45) is 9.63. The lowest BCUT2D eigenvalue weighted by Gasteiger charge is -2.59. The number of unbranched alkanes of at least 4 members (excludes halogenated alkanes) is 2. The molecule has 1 amide bonds. The van der Waals surface area contributed by atoms with Gasteiger partial charge in [0.25, 0.3) is 0 Å². The van der Waals surface area contributed by atoms with Crippen LogP contribution in [0.5, 0.6) is 17.2 Å². The van der Waals surface area contributed by atoms with E-state index in [9.17, 15) is 19.8 Å². The van der Waals surface area contributed by atoms with Gasteiger partial charge in [-0.25, -0.2) is 4.79 Å². The maximum absolute atomic E-state index is 14.6. The largest absolute Gasteiger partial charge is 0.459 e. The van der Waals surface area contributed by atoms with Gasteiger partial charge in [-0.3, -0.25) is 9.69 Å². The van der Waals surface area contributed by atoms with Crippen LogP contribution in [0.3, 0.4) is 0 Å². The van der Waals surface area contributed by atoms with Crippen molar-refractivity contribution in [3.8, 4) is 17.2 Å². The van der Waals surface area contributed by atoms with Gasteiger partial charge in [0.2, 0.25) is 5.79 Å². The first-order chi connectivity index (χ1) is 32.4. The SMILES string of the molecule is C=CCO[C@@]12Oc3ccc(Oc4cccc(C=O)c4)cc3[C@H]3[C@H](CCCCO)[C@@H](CCCCO)C=C(C(=NOCc4ccccc4)C[C@@H]1N(CCC)C(=O)OCCOCc1ccccc1)[C@H]32. The summed E-state index contributed by atoms with van der Waals surface area (Å²) in [4.78, 5) is 34.3. The number of amides is 1. The molecule has 1 fully saturated rings. The van der Waals surface area contributed by atoms with Crippen molar-refractivity contribution >= 4 is 18.1 Å². The van der Waals surface area contributed by atoms with Crippen molar-refractivity contribution in [1.82, 2.24) is 4.90 Å². The van der Waals surface area contributed by atoms with Gasteiger partial charge in [0, 0.05) is 43.2 Å². The van der Waals surface area contributed by atoms with E-state index in [0.717, 1.165) is 54.2 Å². The Morgan fingerprint density at radius 1 is 0.879 bits per heavy atom. The molecule has 0 bridgehead atoms. The molecule has 2 N–H and O–H groups in total. The second kappa shape index (κ2) is 24.1. The first kappa shape index (κ1) is 48.2. The summed E-state index contributed by atoms with van der Waals surface area (Å²) >= 11 is 0. The van der Waals surface area contributed by atoms with Crippen LogP contribution < -0.4 is 9.47 Å². The van der Waals surface area contributed by atoms with Gasteiger partial charge in [0.15, 0.2) is 0 Å². The van der Waals surface area contributed by atoms with E-state index in [1.54, 1.807) is 29.2 Å². The third kappa shape index (κ3) is 11.6. The van der Waals surface area contributed by atoms with Gasteiger partial charge in [-0.15, -0.1) is 6.58 Å². The van der Waals surface area contributed by atoms with Gasteiger partial charge in [0.05, 0.1) is 31.5 Å². The van der Waals surface area contributed by atoms with Crippen molar-refractivity contribution in [1.29, 1.82) is 0 Å². The number of rotatable bonds is 25. The van der Waals surface area contributed by atoms with Gasteiger partial charge < -0.3 is 38.7 Å². The Kier molecular flexibility index (Phi) is 17.6. The Hall–Kier alpha value is -5.79. The Bertz CT molecular complexity index is 2250. The lowest BCUT2D eigenvalue weighted by Crippen LogP contribution is -2.70. The molecule has 7 rings (SSSR count). The number of benzene rings is 4. The molecule has 1 aliphatic heterocycles. The first-order valence-corrected chi connectivity index (χ1v) is 23.4. The second-order valence-electron chi connectivity index (χ2n) is 17.2. The minimum Gasteiger partial charge on any atom is -0.459 e. The zero-order valence-corrected chi connectivity index (χ0v) is 38.0. The second-order valence-corrected chi connectivity index (χ2v) is 17.2. The molecular weight excluding hydrogens is 837 g/mol. The molecular formula is C54H64N2O10. The third-order valence-corrected chi connectivity index (χ3v) is 12.8. The van der Waals surface area contributed by atoms with Gasteiger partial charge in [-0.1, -0.05) is 110 Å². The van der Waals surface area contributed by atoms with E-state index < -0.39 is 23.8 Å². The van der Waals surface area contributed by atoms with E-state index >= 15 is 0 Å². The predicted molar refractivity (Wildman–Crippen MR) is 253 cm³/mol. The Labute approximate surface area is 388 Å². The van der Waals surface area contributed by atoms with E-state index in [1.807, 2.05) is 91.9 Å². The molecule has 0 saturated heterocycles. The van der Waals surface area contributed by atoms with Crippen molar-refractivity contribution in [3.63, 3.8) is 0 Å². The van der Waals surface area contributed by atoms with Gasteiger partial charge in [0.1, 0.15) is 42.8 Å². The average Bonchev–Trinajstić information content (AvgIpc) is 3.34. The number of ether oxygens (including phenoxy) is 5. The fourth-order valence-corrected chi connectivity index (χ4v) is 9.91. The summed E-state index contributed by atoms with van der Waals surface area (Å²) in [5, 5.41) is 24.9. The van der Waals surface area contributed by atoms with Gasteiger partial charge in [-0.05, 0) is 91.0 Å². The highest BCUT2D eigenvalue weighted by Gasteiger charge is 2.65. The lowest BCUT2D eigenvalue weighted by molar-refractivity contribution is -0.255. The molecule has 4 aromatic carbocycles. The molecule has 1 saturated carbocycles. The smallest absolute Gasteiger partial charge is 0.410 e. The highest BCUT2D eigenvalue weighted by molar-refractivity contribution is 6.03. The highest BCUT2D eigenvalue weighted by Crippen LogP contribution is 2.62. The van der Waals surface area contributed by atoms with Crippen molar-refractivity contribution < 1.29 is 48.3 Å². The van der Waals surface area contributed by atoms with E-state index in [2.05, 4.69) is 12.7 Å². The fourth-order valence-electron chi connectivity index (χ4n) is 9.91. The topological polar surface area (TPSA) is 146 Å². The molecule has 0 aromatic heterocycles. The number of hydrogen-bond donors (Lipinski definition) is 2. The summed E-state index contributed by atoms with van der Waals surface area (Å²) in [7, 11) is 0. The van der Waals surface area contributed by atoms with Crippen LogP contribution in [-0.2, 0) is 32.3 Å². The predicted octanol–water partition coefficient (Wildman–Crippen LogP) is 10.2. The zero-order chi connectivity index (χ0) is 46.1. The van der Waals surface area contributed by atoms with Crippen molar-refractivity contribution in [2.75, 3.05) is 39.6 Å². The van der Waals surface area contributed by atoms with Crippen molar-refractivity contribution in [2.24, 2.45) is 22.9 Å². The molecule has 350 valence electrons. The summed E-state index contributed by atoms with van der Waals surface area (Å²) in [6.45, 7) is 7.59. The van der Waals surface area contributed by atoms with Crippen LogP contribution in [-0.4, -0.2) is 84.6 Å². The molecule has 12 nitrogen and oxygen atoms in total. The molecule has 12 heteroatoms. The maximum atomic E-state index is 14.6. The van der Waals surface area contributed by atoms with E-state index in [-0.39, 0.29) is 63.8 Å². The van der Waals surface area contributed by atoms with Crippen LogP contribution >= 0.6 is 0 Å². The van der Waals surface area contributed by atoms with Crippen LogP contribution in [0.2, 0.25) is 0 Å². The fraction of sp³-hybridized carbons (Fsp3) is 0.426. The summed E-state index contributed by atoms with van der Waals surface area (Å²) in [5.74, 6) is -0.452. The number of aliphatic hydroxyl groups excluding tert-OH is 2. The average molecular weight is 901 g/mol. The van der Waals surface area contributed by atoms with Crippen LogP contribution in [0.1, 0.15) is 91.3 Å². The quantitative estimate of drug-likeness (QED) is 0.0285. The minimum absolute atomic E-state index is 0.0190. The number of carbonyl (C=O) groups is 2. The minimum atomic E-state index is -1.44. The summed E-state index contributed by atoms with van der Waals surface area (Å²) in [5.41, 5.74) is 5.02. The van der Waals surface area contributed by atoms with Crippen LogP contribution in [0.4, 0.5) is 4.79 Å². The number of carbonyl (C=O) groups excluding carboxylic acids is 2. The molecule has 3 aliphatic rings. The van der Waals surface area contributed by atoms with Gasteiger partial charge in [-0.2, -0.15) is 0 Å². The lowest BCUT2D eigenvalue weighted by atomic mass is 9.55. The summed E-state index contributed by atoms with van der Waals surface area (Å²) in [6, 6.07) is 31.8. The number of oxime groups is 1. The molecule has 4 aromatic rings. The molecule has 2 aliphatic carbocycles. The zero-order valence-electron chi connectivity index (χ0n) is 38.0. The van der Waals surface area contributed by atoms with Crippen molar-refractivity contribution in [3.05, 3.63) is 150 Å². The van der Waals surface area contributed by atoms with Crippen molar-refractivity contribution in [2.45, 2.75) is 89.3 Å². The Balaban J connectivity index is 1.35. The number of aliphatic hydroxyl groups is 2. The number of allylic oxidation sites excluding steroid dienone is 1. The Morgan fingerprint density at radius 3 is 2.32 bits per heavy atom. The summed E-state index contributed by atoms with van der Waals surface area (Å²) < 4.78 is 32.8. The monoisotopic (exact) mass is 900 g/mol. The standard InChI is InChI=1S/C54H64N2O10/c1-3-26-56(53(60)62-31-30-61-37-39-16-7-5-8-17-39)50-35-48(55-64-38-40-18-9-6-10-19-40)46-33-42(21-11-13-27-57)45(23-12-14-28-58)51-47-34-44(65-43-22-15-20-41(32-43)36-59)24-25-49(47)66-54(50,52(46)51)63-29-4-2/h4-10,15-20,22,24-25,32-34,36,42,45,50-52,57-58H,2-3,11-14,21,23,26-31,35,37-38H2,1H3/t42-,45+,50-,51+,52+,54+/m0/s1. The molecule has 0 unspecified atom stereocenters. The van der Waals surface area contributed by atoms with E-state index in [1.165, 1.54) is 0 Å². The molecule has 0 radical (unpaired) electrons. The Morgan fingerprint density at radius 2 is 1.61 bits per heavy atom. The highest BCUT2D eigenvalue weighted by atomic mass is 16.7. The first-order valence-electron chi connectivity index (χ1n) is 23.4. The van der Waals surface area contributed by atoms with E-state index in [4.69, 9.17) is 33.7 Å². The third-order valence-electron chi connectivity index (χ3n) is 12.8. The molecule has 66 heavy (non-hydrogen) atoms. The van der Waals surface area contributed by atoms with E-state index in [0.29, 0.717) is 60.9 Å². The van der Waals surface area contributed by atoms with Crippen LogP contribution in [0.15, 0.2) is 133 Å². The number of hydrogen-bond acceptors (Lipinski definition) is 11. The number of nitrogens with zero attached hydrogens (tertiary/aromatic N) is 2. The van der Waals surface area contributed by atoms with Crippen LogP contribution in [0.25, 0.3) is 0 Å².